The maximum Gasteiger partial charge on any atom is 0.261 e. The van der Waals surface area contributed by atoms with Gasteiger partial charge in [0.2, 0.25) is 15.9 Å². The van der Waals surface area contributed by atoms with Crippen LogP contribution in [0.3, 0.4) is 0 Å². The molecule has 8 nitrogen and oxygen atoms in total. The molecule has 0 aromatic heterocycles. The lowest BCUT2D eigenvalue weighted by atomic mass is 10.1. The Balaban J connectivity index is 2.42. The van der Waals surface area contributed by atoms with Gasteiger partial charge in [0.15, 0.2) is 0 Å². The molecular formula is C15H17N3O5S2. The third kappa shape index (κ3) is 4.56. The van der Waals surface area contributed by atoms with Gasteiger partial charge < -0.3 is 5.32 Å². The van der Waals surface area contributed by atoms with Crippen molar-refractivity contribution in [1.82, 2.24) is 0 Å². The first-order valence-corrected chi connectivity index (χ1v) is 10.1. The van der Waals surface area contributed by atoms with E-state index in [-0.39, 0.29) is 21.4 Å². The molecular weight excluding hydrogens is 366 g/mol. The predicted octanol–water partition coefficient (Wildman–Crippen LogP) is 1.40. The van der Waals surface area contributed by atoms with Gasteiger partial charge in [-0.2, -0.15) is 0 Å². The molecule has 0 unspecified atom stereocenters. The molecule has 0 radical (unpaired) electrons. The van der Waals surface area contributed by atoms with Gasteiger partial charge in [-0.25, -0.2) is 22.0 Å². The molecule has 25 heavy (non-hydrogen) atoms. The number of amides is 1. The minimum atomic E-state index is -4.05. The highest BCUT2D eigenvalue weighted by atomic mass is 32.2. The maximum absolute atomic E-state index is 12.5. The average Bonchev–Trinajstić information content (AvgIpc) is 2.50. The summed E-state index contributed by atoms with van der Waals surface area (Å²) in [4.78, 5) is 10.6. The fraction of sp³-hybridized carbons (Fsp3) is 0.133. The van der Waals surface area contributed by atoms with Crippen LogP contribution in [0.1, 0.15) is 12.5 Å². The Morgan fingerprint density at radius 2 is 1.52 bits per heavy atom. The molecule has 0 heterocycles. The first kappa shape index (κ1) is 18.9. The summed E-state index contributed by atoms with van der Waals surface area (Å²) in [5.74, 6) is -0.288. The van der Waals surface area contributed by atoms with Crippen LogP contribution in [0.25, 0.3) is 0 Å². The Bertz CT molecular complexity index is 1030. The fourth-order valence-electron chi connectivity index (χ4n) is 2.09. The maximum atomic E-state index is 12.5. The smallest absolute Gasteiger partial charge is 0.261 e. The summed E-state index contributed by atoms with van der Waals surface area (Å²) in [5, 5.41) is 7.63. The van der Waals surface area contributed by atoms with Crippen LogP contribution in [0.2, 0.25) is 0 Å². The number of benzene rings is 2. The molecule has 2 aromatic carbocycles. The molecule has 0 aliphatic heterocycles. The Hall–Kier alpha value is -2.43. The summed E-state index contributed by atoms with van der Waals surface area (Å²) in [6, 6.07) is 9.47. The summed E-state index contributed by atoms with van der Waals surface area (Å²) >= 11 is 0. The number of primary sulfonamides is 1. The number of carbonyl (C=O) groups excluding carboxylic acids is 1. The molecule has 2 rings (SSSR count). The normalized spacial score (nSPS) is 11.8. The quantitative estimate of drug-likeness (QED) is 0.717. The third-order valence-electron chi connectivity index (χ3n) is 3.33. The van der Waals surface area contributed by atoms with E-state index in [1.54, 1.807) is 19.1 Å². The van der Waals surface area contributed by atoms with E-state index in [9.17, 15) is 21.6 Å². The van der Waals surface area contributed by atoms with Crippen molar-refractivity contribution in [3.05, 3.63) is 48.0 Å². The lowest BCUT2D eigenvalue weighted by Crippen LogP contribution is -2.17. The van der Waals surface area contributed by atoms with Crippen LogP contribution in [0.4, 0.5) is 11.4 Å². The highest BCUT2D eigenvalue weighted by Gasteiger charge is 2.19. The monoisotopic (exact) mass is 383 g/mol. The van der Waals surface area contributed by atoms with Crippen LogP contribution in [-0.2, 0) is 24.8 Å². The summed E-state index contributed by atoms with van der Waals surface area (Å²) in [6.07, 6.45) is 0. The van der Waals surface area contributed by atoms with E-state index in [2.05, 4.69) is 10.0 Å². The zero-order valence-corrected chi connectivity index (χ0v) is 15.1. The first-order valence-electron chi connectivity index (χ1n) is 7.03. The van der Waals surface area contributed by atoms with E-state index in [1.807, 2.05) is 0 Å². The van der Waals surface area contributed by atoms with Gasteiger partial charge in [0, 0.05) is 12.6 Å². The van der Waals surface area contributed by atoms with E-state index in [0.717, 1.165) is 6.07 Å². The highest BCUT2D eigenvalue weighted by Crippen LogP contribution is 2.26. The second-order valence-electron chi connectivity index (χ2n) is 5.28. The number of anilines is 2. The lowest BCUT2D eigenvalue weighted by molar-refractivity contribution is -0.114. The van der Waals surface area contributed by atoms with Crippen LogP contribution >= 0.6 is 0 Å². The van der Waals surface area contributed by atoms with Gasteiger partial charge in [0.1, 0.15) is 0 Å². The summed E-state index contributed by atoms with van der Waals surface area (Å²) in [6.45, 7) is 2.99. The van der Waals surface area contributed by atoms with Gasteiger partial charge in [-0.1, -0.05) is 12.1 Å². The summed E-state index contributed by atoms with van der Waals surface area (Å²) in [7, 11) is -8.07. The first-order chi connectivity index (χ1) is 11.5. The number of hydrogen-bond donors (Lipinski definition) is 3. The number of rotatable bonds is 5. The predicted molar refractivity (Wildman–Crippen MR) is 94.1 cm³/mol. The molecule has 2 aromatic rings. The van der Waals surface area contributed by atoms with Gasteiger partial charge in [-0.15, -0.1) is 0 Å². The second kappa shape index (κ2) is 6.82. The topological polar surface area (TPSA) is 135 Å². The van der Waals surface area contributed by atoms with Crippen molar-refractivity contribution in [2.45, 2.75) is 23.6 Å². The zero-order valence-electron chi connectivity index (χ0n) is 13.5. The summed E-state index contributed by atoms with van der Waals surface area (Å²) in [5.41, 5.74) is 1.24. The van der Waals surface area contributed by atoms with E-state index in [4.69, 9.17) is 5.14 Å². The minimum Gasteiger partial charge on any atom is -0.326 e. The van der Waals surface area contributed by atoms with Crippen molar-refractivity contribution in [3.8, 4) is 0 Å². The molecule has 0 atom stereocenters. The number of nitrogens with two attached hydrogens (primary N) is 1. The van der Waals surface area contributed by atoms with E-state index >= 15 is 0 Å². The standard InChI is InChI=1S/C15H17N3O5S2/c1-10-14(17-11(2)19)7-4-8-15(10)18-25(22,23)13-6-3-5-12(9-13)24(16,20)21/h3-9,18H,1-2H3,(H,17,19)(H2,16,20,21). The van der Waals surface area contributed by atoms with E-state index < -0.39 is 20.0 Å². The van der Waals surface area contributed by atoms with Crippen molar-refractivity contribution in [1.29, 1.82) is 0 Å². The number of sulfonamides is 2. The Kier molecular flexibility index (Phi) is 5.16. The van der Waals surface area contributed by atoms with Gasteiger partial charge in [0.05, 0.1) is 15.5 Å². The average molecular weight is 383 g/mol. The molecule has 4 N–H and O–H groups in total. The van der Waals surface area contributed by atoms with Crippen molar-refractivity contribution < 1.29 is 21.6 Å². The molecule has 0 aliphatic rings. The fourth-order valence-corrected chi connectivity index (χ4v) is 3.90. The van der Waals surface area contributed by atoms with Gasteiger partial charge in [-0.05, 0) is 42.8 Å². The van der Waals surface area contributed by atoms with Crippen molar-refractivity contribution in [2.24, 2.45) is 5.14 Å². The van der Waals surface area contributed by atoms with Crippen LogP contribution < -0.4 is 15.2 Å². The SMILES string of the molecule is CC(=O)Nc1cccc(NS(=O)(=O)c2cccc(S(N)(=O)=O)c2)c1C. The van der Waals surface area contributed by atoms with Crippen molar-refractivity contribution in [2.75, 3.05) is 10.0 Å². The minimum absolute atomic E-state index is 0.247. The molecule has 1 amide bonds. The van der Waals surface area contributed by atoms with Crippen molar-refractivity contribution >= 4 is 37.3 Å². The molecule has 134 valence electrons. The Labute approximate surface area is 146 Å². The second-order valence-corrected chi connectivity index (χ2v) is 8.53. The van der Waals surface area contributed by atoms with E-state index in [1.165, 1.54) is 31.2 Å². The van der Waals surface area contributed by atoms with Gasteiger partial charge in [0.25, 0.3) is 10.0 Å². The van der Waals surface area contributed by atoms with Crippen LogP contribution in [0, 0.1) is 6.92 Å². The van der Waals surface area contributed by atoms with E-state index in [0.29, 0.717) is 11.3 Å². The van der Waals surface area contributed by atoms with Gasteiger partial charge in [-0.3, -0.25) is 9.52 Å². The van der Waals surface area contributed by atoms with Crippen LogP contribution in [0.15, 0.2) is 52.3 Å². The lowest BCUT2D eigenvalue weighted by Gasteiger charge is -2.14. The molecule has 0 bridgehead atoms. The van der Waals surface area contributed by atoms with Crippen LogP contribution in [0.5, 0.6) is 0 Å². The molecule has 10 heteroatoms. The Morgan fingerprint density at radius 1 is 0.960 bits per heavy atom. The molecule has 0 saturated heterocycles. The number of hydrogen-bond acceptors (Lipinski definition) is 5. The number of nitrogens with one attached hydrogen (secondary N) is 2. The van der Waals surface area contributed by atoms with Crippen LogP contribution in [-0.4, -0.2) is 22.7 Å². The molecule has 0 spiro atoms. The zero-order chi connectivity index (χ0) is 18.8. The largest absolute Gasteiger partial charge is 0.326 e. The Morgan fingerprint density at radius 3 is 2.12 bits per heavy atom. The van der Waals surface area contributed by atoms with Gasteiger partial charge >= 0.3 is 0 Å². The third-order valence-corrected chi connectivity index (χ3v) is 5.61. The molecule has 0 fully saturated rings. The number of carbonyl (C=O) groups is 1. The molecule has 0 saturated carbocycles. The summed E-state index contributed by atoms with van der Waals surface area (Å²) < 4.78 is 50.2. The van der Waals surface area contributed by atoms with Crippen molar-refractivity contribution in [3.63, 3.8) is 0 Å². The highest BCUT2D eigenvalue weighted by molar-refractivity contribution is 7.93. The molecule has 0 aliphatic carbocycles.